The van der Waals surface area contributed by atoms with E-state index in [4.69, 9.17) is 11.6 Å². The van der Waals surface area contributed by atoms with Crippen LogP contribution in [0.3, 0.4) is 0 Å². The van der Waals surface area contributed by atoms with Crippen LogP contribution in [0.25, 0.3) is 0 Å². The average molecular weight is 254 g/mol. The van der Waals surface area contributed by atoms with E-state index >= 15 is 0 Å². The van der Waals surface area contributed by atoms with Crippen LogP contribution >= 0.6 is 11.6 Å². The first-order valence-electron chi connectivity index (χ1n) is 6.28. The molecule has 0 saturated carbocycles. The molecule has 0 spiro atoms. The van der Waals surface area contributed by atoms with Crippen molar-refractivity contribution in [1.82, 2.24) is 10.3 Å². The topological polar surface area (TPSA) is 28.2 Å². The summed E-state index contributed by atoms with van der Waals surface area (Å²) in [4.78, 5) is 6.78. The fourth-order valence-corrected chi connectivity index (χ4v) is 2.37. The predicted octanol–water partition coefficient (Wildman–Crippen LogP) is 2.70. The molecule has 2 rings (SSSR count). The van der Waals surface area contributed by atoms with Crippen molar-refractivity contribution in [3.8, 4) is 0 Å². The normalized spacial score (nSPS) is 20.2. The van der Waals surface area contributed by atoms with Gasteiger partial charge in [-0.2, -0.15) is 0 Å². The van der Waals surface area contributed by atoms with Crippen molar-refractivity contribution in [3.63, 3.8) is 0 Å². The van der Waals surface area contributed by atoms with Crippen LogP contribution in [0, 0.1) is 0 Å². The molecule has 17 heavy (non-hydrogen) atoms. The lowest BCUT2D eigenvalue weighted by Gasteiger charge is -2.26. The smallest absolute Gasteiger partial charge is 0.128 e. The van der Waals surface area contributed by atoms with Crippen LogP contribution in [0.15, 0.2) is 18.3 Å². The molecule has 1 atom stereocenters. The number of nitrogens with one attached hydrogen (secondary N) is 1. The molecule has 0 amide bonds. The highest BCUT2D eigenvalue weighted by atomic mass is 35.5. The van der Waals surface area contributed by atoms with Gasteiger partial charge in [0.05, 0.1) is 5.02 Å². The van der Waals surface area contributed by atoms with Crippen molar-refractivity contribution in [3.05, 3.63) is 23.4 Å². The van der Waals surface area contributed by atoms with Gasteiger partial charge < -0.3 is 10.2 Å². The molecule has 1 aromatic rings. The molecule has 0 radical (unpaired) electrons. The number of hydrogen-bond donors (Lipinski definition) is 1. The maximum atomic E-state index is 5.86. The van der Waals surface area contributed by atoms with Crippen LogP contribution < -0.4 is 10.2 Å². The molecule has 1 N–H and O–H groups in total. The third-order valence-electron chi connectivity index (χ3n) is 3.14. The van der Waals surface area contributed by atoms with E-state index in [0.29, 0.717) is 17.1 Å². The number of hydrogen-bond acceptors (Lipinski definition) is 3. The van der Waals surface area contributed by atoms with Crippen molar-refractivity contribution in [2.45, 2.75) is 38.8 Å². The second-order valence-corrected chi connectivity index (χ2v) is 5.32. The van der Waals surface area contributed by atoms with Crippen LogP contribution in [-0.2, 0) is 0 Å². The van der Waals surface area contributed by atoms with Gasteiger partial charge in [0.1, 0.15) is 5.82 Å². The average Bonchev–Trinajstić information content (AvgIpc) is 2.75. The van der Waals surface area contributed by atoms with Gasteiger partial charge in [0.25, 0.3) is 0 Å². The number of anilines is 1. The minimum atomic E-state index is 0.538. The minimum absolute atomic E-state index is 0.538. The van der Waals surface area contributed by atoms with Gasteiger partial charge in [-0.05, 0) is 25.0 Å². The Balaban J connectivity index is 2.01. The zero-order valence-corrected chi connectivity index (χ0v) is 11.2. The highest BCUT2D eigenvalue weighted by Gasteiger charge is 2.25. The Hall–Kier alpha value is -0.800. The lowest BCUT2D eigenvalue weighted by atomic mass is 10.2. The van der Waals surface area contributed by atoms with Crippen LogP contribution in [0.2, 0.25) is 5.02 Å². The number of pyridine rings is 1. The summed E-state index contributed by atoms with van der Waals surface area (Å²) in [6.45, 7) is 6.49. The Morgan fingerprint density at radius 3 is 3.00 bits per heavy atom. The first-order chi connectivity index (χ1) is 8.16. The lowest BCUT2D eigenvalue weighted by Crippen LogP contribution is -2.40. The molecule has 94 valence electrons. The van der Waals surface area contributed by atoms with Crippen LogP contribution in [0.5, 0.6) is 0 Å². The number of nitrogens with zero attached hydrogens (tertiary/aromatic N) is 2. The summed E-state index contributed by atoms with van der Waals surface area (Å²) >= 11 is 5.86. The van der Waals surface area contributed by atoms with E-state index in [1.807, 2.05) is 12.1 Å². The first kappa shape index (κ1) is 12.7. The van der Waals surface area contributed by atoms with E-state index < -0.39 is 0 Å². The number of aromatic nitrogens is 1. The minimum Gasteiger partial charge on any atom is -0.352 e. The fourth-order valence-electron chi connectivity index (χ4n) is 2.26. The fraction of sp³-hybridized carbons (Fsp3) is 0.615. The standard InChI is InChI=1S/C13H20ClN3/c1-10(2)15-9-12-4-3-7-17(12)13-6-5-11(14)8-16-13/h5-6,8,10,12,15H,3-4,7,9H2,1-2H3. The molecule has 3 nitrogen and oxygen atoms in total. The SMILES string of the molecule is CC(C)NCC1CCCN1c1ccc(Cl)cn1. The molecule has 1 unspecified atom stereocenters. The van der Waals surface area contributed by atoms with Gasteiger partial charge >= 0.3 is 0 Å². The molecular weight excluding hydrogens is 234 g/mol. The quantitative estimate of drug-likeness (QED) is 0.894. The molecule has 0 aliphatic carbocycles. The molecule has 0 aromatic carbocycles. The van der Waals surface area contributed by atoms with Crippen molar-refractivity contribution in [1.29, 1.82) is 0 Å². The summed E-state index contributed by atoms with van der Waals surface area (Å²) in [5, 5.41) is 4.20. The number of halogens is 1. The van der Waals surface area contributed by atoms with E-state index in [1.54, 1.807) is 6.20 Å². The monoisotopic (exact) mass is 253 g/mol. The predicted molar refractivity (Wildman–Crippen MR) is 72.8 cm³/mol. The summed E-state index contributed by atoms with van der Waals surface area (Å²) in [6, 6.07) is 5.02. The van der Waals surface area contributed by atoms with Gasteiger partial charge in [0, 0.05) is 31.4 Å². The van der Waals surface area contributed by atoms with Gasteiger partial charge in [0.2, 0.25) is 0 Å². The summed E-state index contributed by atoms with van der Waals surface area (Å²) in [7, 11) is 0. The Kier molecular flexibility index (Phi) is 4.24. The van der Waals surface area contributed by atoms with Crippen molar-refractivity contribution in [2.75, 3.05) is 18.0 Å². The van der Waals surface area contributed by atoms with Crippen molar-refractivity contribution >= 4 is 17.4 Å². The highest BCUT2D eigenvalue weighted by molar-refractivity contribution is 6.30. The summed E-state index contributed by atoms with van der Waals surface area (Å²) in [6.07, 6.45) is 4.21. The van der Waals surface area contributed by atoms with E-state index in [-0.39, 0.29) is 0 Å². The van der Waals surface area contributed by atoms with E-state index in [9.17, 15) is 0 Å². The molecule has 1 aliphatic rings. The maximum Gasteiger partial charge on any atom is 0.128 e. The van der Waals surface area contributed by atoms with E-state index in [1.165, 1.54) is 12.8 Å². The van der Waals surface area contributed by atoms with Crippen LogP contribution in [0.1, 0.15) is 26.7 Å². The van der Waals surface area contributed by atoms with Gasteiger partial charge in [0.15, 0.2) is 0 Å². The Morgan fingerprint density at radius 1 is 1.53 bits per heavy atom. The zero-order chi connectivity index (χ0) is 12.3. The summed E-state index contributed by atoms with van der Waals surface area (Å²) < 4.78 is 0. The van der Waals surface area contributed by atoms with Crippen molar-refractivity contribution in [2.24, 2.45) is 0 Å². The van der Waals surface area contributed by atoms with Gasteiger partial charge in [-0.1, -0.05) is 25.4 Å². The second-order valence-electron chi connectivity index (χ2n) is 4.89. The van der Waals surface area contributed by atoms with Gasteiger partial charge in [-0.25, -0.2) is 4.98 Å². The van der Waals surface area contributed by atoms with Crippen LogP contribution in [0.4, 0.5) is 5.82 Å². The first-order valence-corrected chi connectivity index (χ1v) is 6.66. The summed E-state index contributed by atoms with van der Waals surface area (Å²) in [5.41, 5.74) is 0. The largest absolute Gasteiger partial charge is 0.352 e. The molecule has 1 aliphatic heterocycles. The Bertz CT molecular complexity index is 350. The number of rotatable bonds is 4. The second kappa shape index (κ2) is 5.69. The molecule has 2 heterocycles. The molecule has 1 aromatic heterocycles. The van der Waals surface area contributed by atoms with Gasteiger partial charge in [-0.3, -0.25) is 0 Å². The van der Waals surface area contributed by atoms with Crippen LogP contribution in [-0.4, -0.2) is 30.2 Å². The van der Waals surface area contributed by atoms with Crippen molar-refractivity contribution < 1.29 is 0 Å². The zero-order valence-electron chi connectivity index (χ0n) is 10.5. The third-order valence-corrected chi connectivity index (χ3v) is 3.37. The van der Waals surface area contributed by atoms with Gasteiger partial charge in [-0.15, -0.1) is 0 Å². The molecule has 0 bridgehead atoms. The maximum absolute atomic E-state index is 5.86. The molecular formula is C13H20ClN3. The summed E-state index contributed by atoms with van der Waals surface area (Å²) in [5.74, 6) is 1.04. The highest BCUT2D eigenvalue weighted by Crippen LogP contribution is 2.24. The molecule has 1 fully saturated rings. The Labute approximate surface area is 108 Å². The lowest BCUT2D eigenvalue weighted by molar-refractivity contribution is 0.522. The Morgan fingerprint density at radius 2 is 2.35 bits per heavy atom. The van der Waals surface area contributed by atoms with E-state index in [0.717, 1.165) is 18.9 Å². The third kappa shape index (κ3) is 3.33. The molecule has 1 saturated heterocycles. The molecule has 4 heteroatoms. The van der Waals surface area contributed by atoms with E-state index in [2.05, 4.69) is 29.0 Å².